The highest BCUT2D eigenvalue weighted by Crippen LogP contribution is 2.37. The van der Waals surface area contributed by atoms with Gasteiger partial charge in [0.15, 0.2) is 46.1 Å². The van der Waals surface area contributed by atoms with Crippen LogP contribution >= 0.6 is 0 Å². The van der Waals surface area contributed by atoms with Crippen LogP contribution in [0.1, 0.15) is 38.0 Å². The number of nitrogens with two attached hydrogens (primary N) is 1. The maximum atomic E-state index is 14.9. The molecule has 2 unspecified atom stereocenters. The number of phenolic OH excluding ortho intramolecular Hbond substituents is 1. The summed E-state index contributed by atoms with van der Waals surface area (Å²) < 4.78 is 56.8. The second-order valence-corrected chi connectivity index (χ2v) is 13.4. The van der Waals surface area contributed by atoms with E-state index in [9.17, 15) is 23.5 Å². The van der Waals surface area contributed by atoms with Crippen molar-refractivity contribution in [1.29, 1.82) is 0 Å². The topological polar surface area (TPSA) is 182 Å². The molecule has 2 amide bonds. The van der Waals surface area contributed by atoms with Crippen LogP contribution in [-0.4, -0.2) is 55.7 Å². The molecule has 0 radical (unpaired) electrons. The van der Waals surface area contributed by atoms with Crippen LogP contribution in [0.2, 0.25) is 0 Å². The Morgan fingerprint density at radius 1 is 0.733 bits per heavy atom. The van der Waals surface area contributed by atoms with Gasteiger partial charge in [0, 0.05) is 23.6 Å². The first kappa shape index (κ1) is 44.1. The van der Waals surface area contributed by atoms with Crippen molar-refractivity contribution in [2.45, 2.75) is 52.9 Å². The third kappa shape index (κ3) is 10.9. The molecule has 0 saturated carbocycles. The number of aryl methyl sites for hydroxylation is 2. The summed E-state index contributed by atoms with van der Waals surface area (Å²) in [6.45, 7) is 5.00. The number of ether oxygens (including phenoxy) is 5. The molecule has 0 aliphatic carbocycles. The molecule has 2 aliphatic heterocycles. The number of nitrogens with zero attached hydrogens (tertiary/aromatic N) is 5. The zero-order valence-corrected chi connectivity index (χ0v) is 32.3. The maximum Gasteiger partial charge on any atom is 0.414 e. The van der Waals surface area contributed by atoms with Crippen LogP contribution in [0.3, 0.4) is 0 Å². The fourth-order valence-electron chi connectivity index (χ4n) is 6.10. The highest BCUT2D eigenvalue weighted by atomic mass is 19.1. The van der Waals surface area contributed by atoms with Crippen LogP contribution in [0.4, 0.5) is 29.7 Å². The van der Waals surface area contributed by atoms with Gasteiger partial charge in [0.05, 0.1) is 31.0 Å². The van der Waals surface area contributed by atoms with Crippen molar-refractivity contribution in [1.82, 2.24) is 0 Å². The van der Waals surface area contributed by atoms with E-state index in [-0.39, 0.29) is 56.6 Å². The standard InChI is InChI=1S/C25H23FN4O4.C18H19FN2O4.CH4/c1-2-17-8-10-23(24(12-17)32-16-18-6-4-3-5-7-18)34-22-11-9-19(13-21(22)26)30-15-20(14-28-29-27)33-25(30)31;1-2-11-3-5-17(15(22)7-11)25-16-6-4-12(8-14(16)19)21-10-13(9-20)24-18(21)23;/h3-13,20H,2,14-16H2,1H3;3-8,13,22H,2,9-10,20H2,1H3;1H4. The molecule has 0 aromatic heterocycles. The molecule has 7 rings (SSSR count). The van der Waals surface area contributed by atoms with E-state index in [2.05, 4.69) is 10.0 Å². The van der Waals surface area contributed by atoms with E-state index in [1.54, 1.807) is 36.4 Å². The van der Waals surface area contributed by atoms with E-state index in [0.717, 1.165) is 29.5 Å². The number of halogens is 2. The number of carbonyl (C=O) groups excluding carboxylic acids is 2. The molecule has 5 aromatic carbocycles. The summed E-state index contributed by atoms with van der Waals surface area (Å²) in [7, 11) is 0. The van der Waals surface area contributed by atoms with Crippen LogP contribution < -0.4 is 29.7 Å². The zero-order valence-electron chi connectivity index (χ0n) is 32.3. The average Bonchev–Trinajstić information content (AvgIpc) is 3.83. The number of cyclic esters (lactones) is 2. The molecule has 0 bridgehead atoms. The minimum atomic E-state index is -0.652. The van der Waals surface area contributed by atoms with E-state index in [1.165, 1.54) is 34.1 Å². The molecule has 314 valence electrons. The number of rotatable bonds is 14. The molecule has 5 aromatic rings. The quantitative estimate of drug-likeness (QED) is 0.0625. The number of hydrogen-bond acceptors (Lipinski definition) is 10. The van der Waals surface area contributed by atoms with Gasteiger partial charge >= 0.3 is 12.2 Å². The highest BCUT2D eigenvalue weighted by molar-refractivity contribution is 5.90. The number of phenols is 1. The first-order valence-corrected chi connectivity index (χ1v) is 18.8. The maximum absolute atomic E-state index is 14.9. The lowest BCUT2D eigenvalue weighted by Crippen LogP contribution is -2.27. The third-order valence-corrected chi connectivity index (χ3v) is 9.34. The van der Waals surface area contributed by atoms with Gasteiger partial charge in [-0.15, -0.1) is 0 Å². The van der Waals surface area contributed by atoms with Gasteiger partial charge in [0.2, 0.25) is 0 Å². The molecule has 3 N–H and O–H groups in total. The van der Waals surface area contributed by atoms with E-state index >= 15 is 0 Å². The van der Waals surface area contributed by atoms with Crippen LogP contribution in [-0.2, 0) is 28.9 Å². The first-order valence-electron chi connectivity index (χ1n) is 18.8. The summed E-state index contributed by atoms with van der Waals surface area (Å²) in [6.07, 6.45) is -0.580. The lowest BCUT2D eigenvalue weighted by molar-refractivity contribution is 0.144. The lowest BCUT2D eigenvalue weighted by Gasteiger charge is -2.16. The number of hydrogen-bond donors (Lipinski definition) is 2. The number of aromatic hydroxyl groups is 1. The molecule has 2 saturated heterocycles. The first-order chi connectivity index (χ1) is 28.6. The highest BCUT2D eigenvalue weighted by Gasteiger charge is 2.33. The summed E-state index contributed by atoms with van der Waals surface area (Å²) in [5.41, 5.74) is 17.6. The van der Waals surface area contributed by atoms with Gasteiger partial charge in [0.1, 0.15) is 18.8 Å². The largest absolute Gasteiger partial charge is 0.504 e. The van der Waals surface area contributed by atoms with Gasteiger partial charge in [-0.3, -0.25) is 9.80 Å². The molecule has 60 heavy (non-hydrogen) atoms. The molecule has 2 aliphatic rings. The van der Waals surface area contributed by atoms with Crippen LogP contribution in [0.15, 0.2) is 108 Å². The van der Waals surface area contributed by atoms with E-state index in [0.29, 0.717) is 29.5 Å². The SMILES string of the molecule is C.CCc1ccc(Oc2ccc(N3CC(CN)OC3=O)cc2F)c(O)c1.CCc1ccc(Oc2ccc(N3CC(CN=[N+]=[N-])OC3=O)cc2F)c(OCc2ccccc2)c1. The minimum Gasteiger partial charge on any atom is -0.504 e. The van der Waals surface area contributed by atoms with Crippen molar-refractivity contribution >= 4 is 23.6 Å². The van der Waals surface area contributed by atoms with Crippen LogP contribution in [0.5, 0.6) is 34.5 Å². The monoisotopic (exact) mass is 824 g/mol. The Kier molecular flexibility index (Phi) is 15.1. The van der Waals surface area contributed by atoms with Gasteiger partial charge in [-0.05, 0) is 83.6 Å². The number of anilines is 2. The fraction of sp³-hybridized carbons (Fsp3) is 0.273. The summed E-state index contributed by atoms with van der Waals surface area (Å²) in [4.78, 5) is 29.2. The molecule has 2 atom stereocenters. The van der Waals surface area contributed by atoms with Crippen molar-refractivity contribution in [3.05, 3.63) is 142 Å². The van der Waals surface area contributed by atoms with E-state index in [1.807, 2.05) is 56.3 Å². The van der Waals surface area contributed by atoms with Crippen molar-refractivity contribution in [3.63, 3.8) is 0 Å². The van der Waals surface area contributed by atoms with E-state index in [4.69, 9.17) is 34.9 Å². The Morgan fingerprint density at radius 3 is 1.80 bits per heavy atom. The zero-order chi connectivity index (χ0) is 41.9. The Balaban J connectivity index is 0.000000234. The number of carbonyl (C=O) groups is 2. The Bertz CT molecular complexity index is 2330. The van der Waals surface area contributed by atoms with Gasteiger partial charge in [-0.2, -0.15) is 0 Å². The van der Waals surface area contributed by atoms with Gasteiger partial charge < -0.3 is 34.5 Å². The van der Waals surface area contributed by atoms with Crippen LogP contribution in [0, 0.1) is 11.6 Å². The second-order valence-electron chi connectivity index (χ2n) is 13.4. The van der Waals surface area contributed by atoms with Crippen molar-refractivity contribution < 1.29 is 47.2 Å². The third-order valence-electron chi connectivity index (χ3n) is 9.34. The van der Waals surface area contributed by atoms with E-state index < -0.39 is 36.0 Å². The predicted octanol–water partition coefficient (Wildman–Crippen LogP) is 10.2. The predicted molar refractivity (Wildman–Crippen MR) is 222 cm³/mol. The number of azide groups is 1. The second kappa shape index (κ2) is 20.6. The molecule has 14 nitrogen and oxygen atoms in total. The summed E-state index contributed by atoms with van der Waals surface area (Å²) in [6, 6.07) is 28.6. The summed E-state index contributed by atoms with van der Waals surface area (Å²) >= 11 is 0. The van der Waals surface area contributed by atoms with Gasteiger partial charge in [-0.25, -0.2) is 18.4 Å². The fourth-order valence-corrected chi connectivity index (χ4v) is 6.10. The molecule has 16 heteroatoms. The minimum absolute atomic E-state index is 0. The van der Waals surface area contributed by atoms with Crippen molar-refractivity contribution in [2.75, 3.05) is 36.0 Å². The average molecular weight is 825 g/mol. The Hall–Kier alpha value is -7.03. The van der Waals surface area contributed by atoms with Gasteiger partial charge in [0.25, 0.3) is 0 Å². The number of amides is 2. The smallest absolute Gasteiger partial charge is 0.414 e. The van der Waals surface area contributed by atoms with Gasteiger partial charge in [-0.1, -0.05) is 68.9 Å². The summed E-state index contributed by atoms with van der Waals surface area (Å²) in [5, 5.41) is 13.4. The molecular formula is C44H46F2N6O8. The molecule has 2 heterocycles. The number of benzene rings is 5. The Labute approximate surface area is 346 Å². The van der Waals surface area contributed by atoms with Crippen molar-refractivity contribution in [2.24, 2.45) is 10.8 Å². The normalized spacial score (nSPS) is 15.5. The lowest BCUT2D eigenvalue weighted by atomic mass is 10.1. The van der Waals surface area contributed by atoms with Crippen LogP contribution in [0.25, 0.3) is 10.4 Å². The molecule has 0 spiro atoms. The summed E-state index contributed by atoms with van der Waals surface area (Å²) in [5.74, 6) is -0.352. The van der Waals surface area contributed by atoms with Crippen molar-refractivity contribution in [3.8, 4) is 34.5 Å². The molecular weight excluding hydrogens is 779 g/mol. The Morgan fingerprint density at radius 2 is 1.27 bits per heavy atom. The molecule has 2 fully saturated rings.